The molecule has 1 rings (SSSR count). The van der Waals surface area contributed by atoms with Gasteiger partial charge < -0.3 is 15.8 Å². The second kappa shape index (κ2) is 7.71. The Morgan fingerprint density at radius 2 is 2.00 bits per heavy atom. The molecule has 0 heterocycles. The number of benzene rings is 1. The molecule has 0 radical (unpaired) electrons. The van der Waals surface area contributed by atoms with Crippen molar-refractivity contribution in [1.82, 2.24) is 5.32 Å². The highest BCUT2D eigenvalue weighted by atomic mass is 16.5. The molecule has 0 aromatic heterocycles. The van der Waals surface area contributed by atoms with Gasteiger partial charge in [-0.1, -0.05) is 18.2 Å². The maximum Gasteiger partial charge on any atom is 0.223 e. The largest absolute Gasteiger partial charge is 0.493 e. The Bertz CT molecular complexity index is 352. The molecular weight excluding hydrogens is 228 g/mol. The van der Waals surface area contributed by atoms with E-state index >= 15 is 0 Å². The van der Waals surface area contributed by atoms with Crippen molar-refractivity contribution >= 4 is 5.91 Å². The summed E-state index contributed by atoms with van der Waals surface area (Å²) in [7, 11) is 0. The molecule has 0 aliphatic rings. The fraction of sp³-hybridized carbons (Fsp3) is 0.500. The molecule has 1 aromatic carbocycles. The first-order valence-corrected chi connectivity index (χ1v) is 6.30. The highest BCUT2D eigenvalue weighted by Gasteiger charge is 2.09. The third-order valence-electron chi connectivity index (χ3n) is 2.47. The van der Waals surface area contributed by atoms with Crippen LogP contribution in [0.2, 0.25) is 0 Å². The van der Waals surface area contributed by atoms with Gasteiger partial charge in [0, 0.05) is 12.1 Å². The molecule has 2 unspecified atom stereocenters. The van der Waals surface area contributed by atoms with Crippen molar-refractivity contribution in [3.05, 3.63) is 30.3 Å². The molecule has 2 atom stereocenters. The number of ether oxygens (including phenoxy) is 1. The standard InChI is InChI=1S/C14H22N2O2/c1-11(15)10-12(2)16-14(17)8-9-18-13-6-4-3-5-7-13/h3-7,11-12H,8-10,15H2,1-2H3,(H,16,17). The van der Waals surface area contributed by atoms with Crippen LogP contribution >= 0.6 is 0 Å². The van der Waals surface area contributed by atoms with Crippen molar-refractivity contribution in [3.63, 3.8) is 0 Å². The van der Waals surface area contributed by atoms with Gasteiger partial charge in [-0.05, 0) is 32.4 Å². The number of nitrogens with two attached hydrogens (primary N) is 1. The van der Waals surface area contributed by atoms with Crippen molar-refractivity contribution in [2.45, 2.75) is 38.8 Å². The third-order valence-corrected chi connectivity index (χ3v) is 2.47. The third kappa shape index (κ3) is 6.25. The monoisotopic (exact) mass is 250 g/mol. The zero-order valence-electron chi connectivity index (χ0n) is 11.1. The minimum atomic E-state index is -0.000851. The van der Waals surface area contributed by atoms with Crippen LogP contribution in [-0.2, 0) is 4.79 Å². The predicted molar refractivity (Wildman–Crippen MR) is 72.4 cm³/mol. The van der Waals surface area contributed by atoms with E-state index in [1.165, 1.54) is 0 Å². The van der Waals surface area contributed by atoms with Crippen LogP contribution in [0.5, 0.6) is 5.75 Å². The van der Waals surface area contributed by atoms with E-state index in [9.17, 15) is 4.79 Å². The van der Waals surface area contributed by atoms with Gasteiger partial charge in [-0.2, -0.15) is 0 Å². The molecule has 100 valence electrons. The van der Waals surface area contributed by atoms with Crippen LogP contribution in [0.1, 0.15) is 26.7 Å². The highest BCUT2D eigenvalue weighted by molar-refractivity contribution is 5.76. The summed E-state index contributed by atoms with van der Waals surface area (Å²) in [6.07, 6.45) is 1.14. The molecule has 18 heavy (non-hydrogen) atoms. The van der Waals surface area contributed by atoms with Crippen LogP contribution in [0.15, 0.2) is 30.3 Å². The summed E-state index contributed by atoms with van der Waals surface area (Å²) in [5.74, 6) is 0.785. The lowest BCUT2D eigenvalue weighted by Crippen LogP contribution is -2.37. The molecule has 0 spiro atoms. The molecular formula is C14H22N2O2. The van der Waals surface area contributed by atoms with Crippen LogP contribution in [0.3, 0.4) is 0 Å². The van der Waals surface area contributed by atoms with Gasteiger partial charge in [-0.15, -0.1) is 0 Å². The van der Waals surface area contributed by atoms with Gasteiger partial charge in [0.15, 0.2) is 0 Å². The SMILES string of the molecule is CC(N)CC(C)NC(=O)CCOc1ccccc1. The minimum Gasteiger partial charge on any atom is -0.493 e. The molecule has 0 saturated heterocycles. The zero-order chi connectivity index (χ0) is 13.4. The minimum absolute atomic E-state index is 0.000851. The lowest BCUT2D eigenvalue weighted by Gasteiger charge is -2.15. The summed E-state index contributed by atoms with van der Waals surface area (Å²) >= 11 is 0. The van der Waals surface area contributed by atoms with Crippen LogP contribution in [0, 0.1) is 0 Å². The number of para-hydroxylation sites is 1. The fourth-order valence-electron chi connectivity index (χ4n) is 1.74. The smallest absolute Gasteiger partial charge is 0.223 e. The highest BCUT2D eigenvalue weighted by Crippen LogP contribution is 2.08. The average Bonchev–Trinajstić information content (AvgIpc) is 2.29. The number of carbonyl (C=O) groups excluding carboxylic acids is 1. The average molecular weight is 250 g/mol. The fourth-order valence-corrected chi connectivity index (χ4v) is 1.74. The van der Waals surface area contributed by atoms with Gasteiger partial charge in [-0.3, -0.25) is 4.79 Å². The van der Waals surface area contributed by atoms with Gasteiger partial charge in [0.2, 0.25) is 5.91 Å². The molecule has 1 amide bonds. The molecule has 4 nitrogen and oxygen atoms in total. The Kier molecular flexibility index (Phi) is 6.22. The molecule has 1 aromatic rings. The summed E-state index contributed by atoms with van der Waals surface area (Å²) in [4.78, 5) is 11.6. The van der Waals surface area contributed by atoms with Gasteiger partial charge in [0.05, 0.1) is 13.0 Å². The number of carbonyl (C=O) groups is 1. The Balaban J connectivity index is 2.17. The summed E-state index contributed by atoms with van der Waals surface area (Å²) in [5, 5.41) is 2.90. The molecule has 0 fully saturated rings. The maximum atomic E-state index is 11.6. The first kappa shape index (κ1) is 14.5. The lowest BCUT2D eigenvalue weighted by atomic mass is 10.1. The quantitative estimate of drug-likeness (QED) is 0.774. The summed E-state index contributed by atoms with van der Waals surface area (Å²) in [5.41, 5.74) is 5.67. The maximum absolute atomic E-state index is 11.6. The van der Waals surface area contributed by atoms with Crippen molar-refractivity contribution < 1.29 is 9.53 Å². The van der Waals surface area contributed by atoms with E-state index in [0.29, 0.717) is 13.0 Å². The van der Waals surface area contributed by atoms with Crippen molar-refractivity contribution in [2.75, 3.05) is 6.61 Å². The van der Waals surface area contributed by atoms with Gasteiger partial charge >= 0.3 is 0 Å². The molecule has 0 aliphatic carbocycles. The number of hydrogen-bond donors (Lipinski definition) is 2. The van der Waals surface area contributed by atoms with Crippen molar-refractivity contribution in [1.29, 1.82) is 0 Å². The first-order chi connectivity index (χ1) is 8.58. The number of hydrogen-bond acceptors (Lipinski definition) is 3. The van der Waals surface area contributed by atoms with Crippen LogP contribution < -0.4 is 15.8 Å². The number of amides is 1. The molecule has 0 saturated carbocycles. The summed E-state index contributed by atoms with van der Waals surface area (Å²) in [6, 6.07) is 9.68. The molecule has 4 heteroatoms. The number of rotatable bonds is 7. The second-order valence-corrected chi connectivity index (χ2v) is 4.59. The van der Waals surface area contributed by atoms with Gasteiger partial charge in [-0.25, -0.2) is 0 Å². The summed E-state index contributed by atoms with van der Waals surface area (Å²) in [6.45, 7) is 4.28. The van der Waals surface area contributed by atoms with E-state index in [2.05, 4.69) is 5.32 Å². The van der Waals surface area contributed by atoms with E-state index in [4.69, 9.17) is 10.5 Å². The molecule has 0 aliphatic heterocycles. The van der Waals surface area contributed by atoms with E-state index in [0.717, 1.165) is 12.2 Å². The lowest BCUT2D eigenvalue weighted by molar-refractivity contribution is -0.122. The Labute approximate surface area is 109 Å². The van der Waals surface area contributed by atoms with Crippen molar-refractivity contribution in [2.24, 2.45) is 5.73 Å². The Hall–Kier alpha value is -1.55. The van der Waals surface area contributed by atoms with Gasteiger partial charge in [0.1, 0.15) is 5.75 Å². The predicted octanol–water partition coefficient (Wildman–Crippen LogP) is 1.70. The summed E-state index contributed by atoms with van der Waals surface area (Å²) < 4.78 is 5.45. The van der Waals surface area contributed by atoms with E-state index in [1.54, 1.807) is 0 Å². The van der Waals surface area contributed by atoms with E-state index in [1.807, 2.05) is 44.2 Å². The molecule has 3 N–H and O–H groups in total. The normalized spacial score (nSPS) is 13.7. The first-order valence-electron chi connectivity index (χ1n) is 6.30. The van der Waals surface area contributed by atoms with Crippen LogP contribution in [-0.4, -0.2) is 24.6 Å². The zero-order valence-corrected chi connectivity index (χ0v) is 11.1. The van der Waals surface area contributed by atoms with Gasteiger partial charge in [0.25, 0.3) is 0 Å². The Morgan fingerprint density at radius 3 is 2.61 bits per heavy atom. The Morgan fingerprint density at radius 1 is 1.33 bits per heavy atom. The second-order valence-electron chi connectivity index (χ2n) is 4.59. The topological polar surface area (TPSA) is 64.3 Å². The van der Waals surface area contributed by atoms with E-state index < -0.39 is 0 Å². The number of nitrogens with one attached hydrogen (secondary N) is 1. The van der Waals surface area contributed by atoms with Crippen LogP contribution in [0.25, 0.3) is 0 Å². The van der Waals surface area contributed by atoms with E-state index in [-0.39, 0.29) is 18.0 Å². The van der Waals surface area contributed by atoms with Crippen molar-refractivity contribution in [3.8, 4) is 5.75 Å². The van der Waals surface area contributed by atoms with Crippen LogP contribution in [0.4, 0.5) is 0 Å². The molecule has 0 bridgehead atoms.